The van der Waals surface area contributed by atoms with Gasteiger partial charge in [0.2, 0.25) is 0 Å². The summed E-state index contributed by atoms with van der Waals surface area (Å²) in [5.41, 5.74) is 4.11. The number of hydrogen-bond donors (Lipinski definition) is 3. The third kappa shape index (κ3) is 2.53. The lowest BCUT2D eigenvalue weighted by molar-refractivity contribution is 0.208. The van der Waals surface area contributed by atoms with Crippen molar-refractivity contribution >= 4 is 10.9 Å². The van der Waals surface area contributed by atoms with Gasteiger partial charge >= 0.3 is 0 Å². The van der Waals surface area contributed by atoms with Crippen LogP contribution >= 0.6 is 0 Å². The van der Waals surface area contributed by atoms with Gasteiger partial charge in [0, 0.05) is 35.2 Å². The van der Waals surface area contributed by atoms with Crippen LogP contribution in [-0.2, 0) is 6.42 Å². The first kappa shape index (κ1) is 12.7. The Hall–Kier alpha value is -1.32. The minimum absolute atomic E-state index is 0.204. The molecular formula is C16H22N2O. The van der Waals surface area contributed by atoms with E-state index in [1.54, 1.807) is 0 Å². The molecule has 0 unspecified atom stereocenters. The highest BCUT2D eigenvalue weighted by atomic mass is 16.3. The van der Waals surface area contributed by atoms with Crippen molar-refractivity contribution in [1.29, 1.82) is 0 Å². The molecule has 1 saturated carbocycles. The Morgan fingerprint density at radius 1 is 1.32 bits per heavy atom. The van der Waals surface area contributed by atoms with E-state index in [1.165, 1.54) is 35.0 Å². The molecule has 1 heterocycles. The number of rotatable bonds is 6. The van der Waals surface area contributed by atoms with Crippen molar-refractivity contribution in [3.63, 3.8) is 0 Å². The fourth-order valence-corrected chi connectivity index (χ4v) is 2.79. The molecule has 102 valence electrons. The van der Waals surface area contributed by atoms with Crippen molar-refractivity contribution in [3.8, 4) is 0 Å². The van der Waals surface area contributed by atoms with E-state index in [2.05, 4.69) is 41.5 Å². The second-order valence-electron chi connectivity index (χ2n) is 5.86. The monoisotopic (exact) mass is 258 g/mol. The summed E-state index contributed by atoms with van der Waals surface area (Å²) in [7, 11) is 0. The molecule has 3 N–H and O–H groups in total. The van der Waals surface area contributed by atoms with Crippen LogP contribution < -0.4 is 5.32 Å². The van der Waals surface area contributed by atoms with Gasteiger partial charge in [0.15, 0.2) is 0 Å². The first-order chi connectivity index (χ1) is 9.24. The molecular weight excluding hydrogens is 236 g/mol. The van der Waals surface area contributed by atoms with E-state index in [-0.39, 0.29) is 5.41 Å². The number of benzene rings is 1. The molecule has 1 aromatic heterocycles. The second kappa shape index (κ2) is 4.99. The Morgan fingerprint density at radius 2 is 2.11 bits per heavy atom. The van der Waals surface area contributed by atoms with Gasteiger partial charge < -0.3 is 15.4 Å². The Kier molecular flexibility index (Phi) is 3.33. The number of aromatic nitrogens is 1. The fourth-order valence-electron chi connectivity index (χ4n) is 2.79. The smallest absolute Gasteiger partial charge is 0.0499 e. The molecule has 0 aliphatic heterocycles. The number of para-hydroxylation sites is 1. The van der Waals surface area contributed by atoms with Gasteiger partial charge in [-0.25, -0.2) is 0 Å². The van der Waals surface area contributed by atoms with Crippen molar-refractivity contribution < 1.29 is 5.11 Å². The minimum Gasteiger partial charge on any atom is -0.396 e. The van der Waals surface area contributed by atoms with Crippen LogP contribution in [0.5, 0.6) is 0 Å². The number of aryl methyl sites for hydroxylation is 1. The SMILES string of the molecule is Cc1[nH]c2ccccc2c1CCNCC1(CO)CC1. The molecule has 3 heteroatoms. The summed E-state index contributed by atoms with van der Waals surface area (Å²) in [4.78, 5) is 3.44. The Balaban J connectivity index is 1.61. The molecule has 3 rings (SSSR count). The van der Waals surface area contributed by atoms with Gasteiger partial charge in [0.1, 0.15) is 0 Å². The zero-order valence-electron chi connectivity index (χ0n) is 11.5. The highest BCUT2D eigenvalue weighted by Gasteiger charge is 2.41. The average molecular weight is 258 g/mol. The van der Waals surface area contributed by atoms with Crippen LogP contribution in [0.15, 0.2) is 24.3 Å². The maximum absolute atomic E-state index is 9.28. The average Bonchev–Trinajstić information content (AvgIpc) is 3.14. The first-order valence-corrected chi connectivity index (χ1v) is 7.12. The highest BCUT2D eigenvalue weighted by molar-refractivity contribution is 5.84. The molecule has 1 aliphatic carbocycles. The molecule has 0 atom stereocenters. The van der Waals surface area contributed by atoms with Crippen molar-refractivity contribution in [1.82, 2.24) is 10.3 Å². The molecule has 0 amide bonds. The van der Waals surface area contributed by atoms with Crippen LogP contribution in [0.3, 0.4) is 0 Å². The summed E-state index contributed by atoms with van der Waals surface area (Å²) in [6.07, 6.45) is 3.38. The Morgan fingerprint density at radius 3 is 2.84 bits per heavy atom. The predicted molar refractivity (Wildman–Crippen MR) is 78.4 cm³/mol. The second-order valence-corrected chi connectivity index (χ2v) is 5.86. The predicted octanol–water partition coefficient (Wildman–Crippen LogP) is 2.38. The zero-order valence-corrected chi connectivity index (χ0v) is 11.5. The van der Waals surface area contributed by atoms with Crippen LogP contribution in [0, 0.1) is 12.3 Å². The van der Waals surface area contributed by atoms with Gasteiger partial charge in [-0.05, 0) is 44.4 Å². The van der Waals surface area contributed by atoms with E-state index in [0.29, 0.717) is 6.61 Å². The lowest BCUT2D eigenvalue weighted by Gasteiger charge is -2.12. The van der Waals surface area contributed by atoms with Gasteiger partial charge in [0.25, 0.3) is 0 Å². The van der Waals surface area contributed by atoms with Gasteiger partial charge in [-0.2, -0.15) is 0 Å². The van der Waals surface area contributed by atoms with E-state index in [4.69, 9.17) is 0 Å². The Bertz CT molecular complexity index is 569. The summed E-state index contributed by atoms with van der Waals surface area (Å²) in [5.74, 6) is 0. The molecule has 1 aromatic carbocycles. The molecule has 1 aliphatic rings. The van der Waals surface area contributed by atoms with Crippen LogP contribution in [-0.4, -0.2) is 29.8 Å². The van der Waals surface area contributed by atoms with Gasteiger partial charge in [-0.1, -0.05) is 18.2 Å². The van der Waals surface area contributed by atoms with Crippen molar-refractivity contribution in [2.75, 3.05) is 19.7 Å². The number of aliphatic hydroxyl groups excluding tert-OH is 1. The summed E-state index contributed by atoms with van der Waals surface area (Å²) in [6.45, 7) is 4.40. The van der Waals surface area contributed by atoms with Crippen molar-refractivity contribution in [3.05, 3.63) is 35.5 Å². The summed E-state index contributed by atoms with van der Waals surface area (Å²) < 4.78 is 0. The lowest BCUT2D eigenvalue weighted by Crippen LogP contribution is -2.28. The molecule has 19 heavy (non-hydrogen) atoms. The first-order valence-electron chi connectivity index (χ1n) is 7.12. The maximum Gasteiger partial charge on any atom is 0.0499 e. The molecule has 0 bridgehead atoms. The highest BCUT2D eigenvalue weighted by Crippen LogP contribution is 2.44. The van der Waals surface area contributed by atoms with Crippen LogP contribution in [0.4, 0.5) is 0 Å². The van der Waals surface area contributed by atoms with Gasteiger partial charge in [-0.3, -0.25) is 0 Å². The molecule has 1 fully saturated rings. The van der Waals surface area contributed by atoms with Crippen LogP contribution in [0.1, 0.15) is 24.1 Å². The van der Waals surface area contributed by atoms with Gasteiger partial charge in [0.05, 0.1) is 0 Å². The topological polar surface area (TPSA) is 48.0 Å². The standard InChI is InChI=1S/C16H22N2O/c1-12-13(14-4-2-3-5-15(14)18-12)6-9-17-10-16(11-19)7-8-16/h2-5,17-19H,6-11H2,1H3. The summed E-state index contributed by atoms with van der Waals surface area (Å²) in [6, 6.07) is 8.48. The summed E-state index contributed by atoms with van der Waals surface area (Å²) in [5, 5.41) is 14.1. The van der Waals surface area contributed by atoms with E-state index in [1.807, 2.05) is 0 Å². The molecule has 3 nitrogen and oxygen atoms in total. The number of hydrogen-bond acceptors (Lipinski definition) is 2. The van der Waals surface area contributed by atoms with Crippen molar-refractivity contribution in [2.45, 2.75) is 26.2 Å². The lowest BCUT2D eigenvalue weighted by atomic mass is 10.1. The van der Waals surface area contributed by atoms with Crippen LogP contribution in [0.25, 0.3) is 10.9 Å². The van der Waals surface area contributed by atoms with Crippen LogP contribution in [0.2, 0.25) is 0 Å². The number of aromatic amines is 1. The molecule has 2 aromatic rings. The number of nitrogens with one attached hydrogen (secondary N) is 2. The van der Waals surface area contributed by atoms with E-state index in [9.17, 15) is 5.11 Å². The largest absolute Gasteiger partial charge is 0.396 e. The normalized spacial score (nSPS) is 16.9. The third-order valence-electron chi connectivity index (χ3n) is 4.37. The minimum atomic E-state index is 0.204. The number of H-pyrrole nitrogens is 1. The molecule has 0 spiro atoms. The number of aliphatic hydroxyl groups is 1. The van der Waals surface area contributed by atoms with E-state index >= 15 is 0 Å². The van der Waals surface area contributed by atoms with Crippen molar-refractivity contribution in [2.24, 2.45) is 5.41 Å². The maximum atomic E-state index is 9.28. The quantitative estimate of drug-likeness (QED) is 0.697. The third-order valence-corrected chi connectivity index (χ3v) is 4.37. The number of fused-ring (bicyclic) bond motifs is 1. The fraction of sp³-hybridized carbons (Fsp3) is 0.500. The van der Waals surface area contributed by atoms with E-state index in [0.717, 1.165) is 19.5 Å². The zero-order chi connectivity index (χ0) is 13.3. The van der Waals surface area contributed by atoms with E-state index < -0.39 is 0 Å². The van der Waals surface area contributed by atoms with Gasteiger partial charge in [-0.15, -0.1) is 0 Å². The summed E-state index contributed by atoms with van der Waals surface area (Å²) >= 11 is 0. The Labute approximate surface area is 114 Å². The molecule has 0 saturated heterocycles. The molecule has 0 radical (unpaired) electrons.